The molecule has 0 unspecified atom stereocenters. The lowest BCUT2D eigenvalue weighted by atomic mass is 10.0. The fourth-order valence-electron chi connectivity index (χ4n) is 2.54. The molecule has 2 N–H and O–H groups in total. The Morgan fingerprint density at radius 1 is 1.39 bits per heavy atom. The van der Waals surface area contributed by atoms with Crippen molar-refractivity contribution in [3.8, 4) is 0 Å². The van der Waals surface area contributed by atoms with Gasteiger partial charge in [0.1, 0.15) is 5.69 Å². The number of hydroxylamine groups is 1. The van der Waals surface area contributed by atoms with Gasteiger partial charge < -0.3 is 4.90 Å². The van der Waals surface area contributed by atoms with Gasteiger partial charge >= 0.3 is 0 Å². The maximum Gasteiger partial charge on any atom is 0.284 e. The standard InChI is InChI=1S/C16H15N3O3S/c1-2-10-8-19(16(21)12-5-3-4-6-17-12)9-11-7-13(15(20)18-22)23-14(10)11/h2-7,22H,8-9H2,1H3,(H,18,20)/b10-2-. The van der Waals surface area contributed by atoms with Crippen LogP contribution >= 0.6 is 11.3 Å². The van der Waals surface area contributed by atoms with Gasteiger partial charge in [0.15, 0.2) is 0 Å². The first-order chi connectivity index (χ1) is 11.1. The van der Waals surface area contributed by atoms with Crippen molar-refractivity contribution in [2.45, 2.75) is 13.5 Å². The highest BCUT2D eigenvalue weighted by atomic mass is 32.1. The van der Waals surface area contributed by atoms with Gasteiger partial charge in [-0.05, 0) is 36.3 Å². The van der Waals surface area contributed by atoms with Crippen molar-refractivity contribution in [2.75, 3.05) is 6.54 Å². The predicted octanol–water partition coefficient (Wildman–Crippen LogP) is 2.32. The molecule has 1 aliphatic rings. The summed E-state index contributed by atoms with van der Waals surface area (Å²) in [6, 6.07) is 6.94. The number of carbonyl (C=O) groups is 2. The molecule has 0 bridgehead atoms. The molecule has 118 valence electrons. The van der Waals surface area contributed by atoms with Crippen LogP contribution in [0.3, 0.4) is 0 Å². The van der Waals surface area contributed by atoms with E-state index in [4.69, 9.17) is 5.21 Å². The normalized spacial score (nSPS) is 15.4. The van der Waals surface area contributed by atoms with Gasteiger partial charge in [0.05, 0.1) is 4.88 Å². The SMILES string of the molecule is C/C=C1/CN(C(=O)c2ccccn2)Cc2cc(C(=O)NO)sc21. The first kappa shape index (κ1) is 15.4. The van der Waals surface area contributed by atoms with E-state index in [0.29, 0.717) is 23.7 Å². The van der Waals surface area contributed by atoms with Gasteiger partial charge in [-0.2, -0.15) is 0 Å². The van der Waals surface area contributed by atoms with Crippen LogP contribution in [0.25, 0.3) is 5.57 Å². The molecule has 23 heavy (non-hydrogen) atoms. The van der Waals surface area contributed by atoms with Crippen LogP contribution in [0.15, 0.2) is 36.5 Å². The molecule has 7 heteroatoms. The van der Waals surface area contributed by atoms with E-state index in [1.165, 1.54) is 11.3 Å². The number of thiophene rings is 1. The van der Waals surface area contributed by atoms with Gasteiger partial charge in [-0.3, -0.25) is 19.8 Å². The molecule has 2 amide bonds. The van der Waals surface area contributed by atoms with Crippen LogP contribution in [0.1, 0.15) is 37.5 Å². The van der Waals surface area contributed by atoms with Crippen molar-refractivity contribution in [1.29, 1.82) is 0 Å². The van der Waals surface area contributed by atoms with Crippen LogP contribution in [-0.4, -0.2) is 33.5 Å². The number of hydrogen-bond acceptors (Lipinski definition) is 5. The van der Waals surface area contributed by atoms with Crippen LogP contribution < -0.4 is 5.48 Å². The van der Waals surface area contributed by atoms with Gasteiger partial charge in [-0.25, -0.2) is 5.48 Å². The zero-order valence-electron chi connectivity index (χ0n) is 12.4. The average molecular weight is 329 g/mol. The van der Waals surface area contributed by atoms with E-state index in [9.17, 15) is 9.59 Å². The van der Waals surface area contributed by atoms with Gasteiger partial charge in [0.2, 0.25) is 0 Å². The number of hydrogen-bond donors (Lipinski definition) is 2. The second-order valence-electron chi connectivity index (χ2n) is 5.10. The molecule has 6 nitrogen and oxygen atoms in total. The molecular formula is C16H15N3O3S. The first-order valence-electron chi connectivity index (χ1n) is 7.07. The van der Waals surface area contributed by atoms with Gasteiger partial charge in [-0.1, -0.05) is 12.1 Å². The largest absolute Gasteiger partial charge is 0.329 e. The van der Waals surface area contributed by atoms with Crippen LogP contribution in [0, 0.1) is 0 Å². The highest BCUT2D eigenvalue weighted by molar-refractivity contribution is 7.15. The van der Waals surface area contributed by atoms with Gasteiger partial charge in [0.25, 0.3) is 11.8 Å². The summed E-state index contributed by atoms with van der Waals surface area (Å²) >= 11 is 1.32. The van der Waals surface area contributed by atoms with Crippen molar-refractivity contribution in [2.24, 2.45) is 0 Å². The maximum absolute atomic E-state index is 12.6. The molecule has 3 heterocycles. The quantitative estimate of drug-likeness (QED) is 0.654. The summed E-state index contributed by atoms with van der Waals surface area (Å²) in [6.07, 6.45) is 3.53. The number of fused-ring (bicyclic) bond motifs is 1. The van der Waals surface area contributed by atoms with E-state index in [-0.39, 0.29) is 5.91 Å². The van der Waals surface area contributed by atoms with Crippen molar-refractivity contribution in [1.82, 2.24) is 15.4 Å². The Hall–Kier alpha value is -2.51. The number of nitrogens with zero attached hydrogens (tertiary/aromatic N) is 2. The summed E-state index contributed by atoms with van der Waals surface area (Å²) in [5.74, 6) is -0.683. The predicted molar refractivity (Wildman–Crippen MR) is 86.2 cm³/mol. The summed E-state index contributed by atoms with van der Waals surface area (Å²) in [6.45, 7) is 2.79. The molecule has 2 aromatic heterocycles. The molecule has 0 saturated heterocycles. The number of rotatable bonds is 2. The molecule has 0 fully saturated rings. The lowest BCUT2D eigenvalue weighted by molar-refractivity contribution is 0.0711. The van der Waals surface area contributed by atoms with Crippen molar-refractivity contribution < 1.29 is 14.8 Å². The fourth-order valence-corrected chi connectivity index (χ4v) is 3.67. The Kier molecular flexibility index (Phi) is 4.22. The van der Waals surface area contributed by atoms with E-state index >= 15 is 0 Å². The number of nitrogens with one attached hydrogen (secondary N) is 1. The zero-order valence-corrected chi connectivity index (χ0v) is 13.3. The minimum Gasteiger partial charge on any atom is -0.329 e. The third-order valence-electron chi connectivity index (χ3n) is 3.67. The van der Waals surface area contributed by atoms with E-state index in [1.807, 2.05) is 13.0 Å². The minimum absolute atomic E-state index is 0.144. The Balaban J connectivity index is 1.93. The second kappa shape index (κ2) is 6.31. The molecule has 0 atom stereocenters. The summed E-state index contributed by atoms with van der Waals surface area (Å²) in [7, 11) is 0. The molecular weight excluding hydrogens is 314 g/mol. The monoisotopic (exact) mass is 329 g/mol. The summed E-state index contributed by atoms with van der Waals surface area (Å²) in [4.78, 5) is 31.4. The number of aromatic nitrogens is 1. The van der Waals surface area contributed by atoms with Crippen molar-refractivity contribution in [3.63, 3.8) is 0 Å². The Bertz CT molecular complexity index is 783. The smallest absolute Gasteiger partial charge is 0.284 e. The second-order valence-corrected chi connectivity index (χ2v) is 6.15. The van der Waals surface area contributed by atoms with Crippen LogP contribution in [0.4, 0.5) is 0 Å². The zero-order chi connectivity index (χ0) is 16.4. The molecule has 0 spiro atoms. The lowest BCUT2D eigenvalue weighted by Crippen LogP contribution is -2.35. The number of carbonyl (C=O) groups excluding carboxylic acids is 2. The third-order valence-corrected chi connectivity index (χ3v) is 4.92. The Morgan fingerprint density at radius 2 is 2.22 bits per heavy atom. The molecule has 2 aromatic rings. The van der Waals surface area contributed by atoms with Gasteiger partial charge in [-0.15, -0.1) is 11.3 Å². The molecule has 0 saturated carbocycles. The highest BCUT2D eigenvalue weighted by Crippen LogP contribution is 2.35. The Labute approximate surface area is 137 Å². The minimum atomic E-state index is -0.539. The first-order valence-corrected chi connectivity index (χ1v) is 7.88. The van der Waals surface area contributed by atoms with Crippen LogP contribution in [-0.2, 0) is 6.54 Å². The summed E-state index contributed by atoms with van der Waals surface area (Å²) < 4.78 is 0. The lowest BCUT2D eigenvalue weighted by Gasteiger charge is -2.28. The van der Waals surface area contributed by atoms with E-state index in [2.05, 4.69) is 4.98 Å². The fraction of sp³-hybridized carbons (Fsp3) is 0.188. The molecule has 0 aliphatic carbocycles. The van der Waals surface area contributed by atoms with E-state index in [0.717, 1.165) is 16.0 Å². The Morgan fingerprint density at radius 3 is 2.87 bits per heavy atom. The maximum atomic E-state index is 12.6. The molecule has 1 aliphatic heterocycles. The van der Waals surface area contributed by atoms with Crippen LogP contribution in [0.2, 0.25) is 0 Å². The van der Waals surface area contributed by atoms with Crippen LogP contribution in [0.5, 0.6) is 0 Å². The molecule has 0 radical (unpaired) electrons. The third kappa shape index (κ3) is 2.88. The summed E-state index contributed by atoms with van der Waals surface area (Å²) in [5, 5.41) is 8.78. The number of pyridine rings is 1. The average Bonchev–Trinajstić information content (AvgIpc) is 3.04. The highest BCUT2D eigenvalue weighted by Gasteiger charge is 2.28. The van der Waals surface area contributed by atoms with E-state index in [1.54, 1.807) is 40.8 Å². The molecule has 3 rings (SSSR count). The van der Waals surface area contributed by atoms with Crippen molar-refractivity contribution in [3.05, 3.63) is 57.6 Å². The van der Waals surface area contributed by atoms with E-state index < -0.39 is 5.91 Å². The number of amides is 2. The van der Waals surface area contributed by atoms with Gasteiger partial charge in [0, 0.05) is 24.2 Å². The summed E-state index contributed by atoms with van der Waals surface area (Å²) in [5.41, 5.74) is 3.93. The molecule has 0 aromatic carbocycles. The topological polar surface area (TPSA) is 82.5 Å². The van der Waals surface area contributed by atoms with Crippen molar-refractivity contribution >= 4 is 28.7 Å². The number of allylic oxidation sites excluding steroid dienone is 1.